The fourth-order valence-corrected chi connectivity index (χ4v) is 2.18. The van der Waals surface area contributed by atoms with Crippen molar-refractivity contribution in [3.8, 4) is 0 Å². The van der Waals surface area contributed by atoms with Gasteiger partial charge in [-0.1, -0.05) is 20.8 Å². The summed E-state index contributed by atoms with van der Waals surface area (Å²) in [5.74, 6) is 0.610. The predicted molar refractivity (Wildman–Crippen MR) is 58.3 cm³/mol. The van der Waals surface area contributed by atoms with E-state index < -0.39 is 0 Å². The molecule has 2 N–H and O–H groups in total. The van der Waals surface area contributed by atoms with Crippen molar-refractivity contribution in [1.29, 1.82) is 0 Å². The average molecular weight is 189 g/mol. The highest BCUT2D eigenvalue weighted by atomic mass is 28.1. The Bertz CT molecular complexity index is 96.3. The van der Waals surface area contributed by atoms with Crippen LogP contribution in [0.2, 0.25) is 0 Å². The highest BCUT2D eigenvalue weighted by Gasteiger charge is 2.06. The normalized spacial score (nSPS) is 14.0. The first-order valence-electron chi connectivity index (χ1n) is 4.94. The highest BCUT2D eigenvalue weighted by Crippen LogP contribution is 1.89. The van der Waals surface area contributed by atoms with Crippen molar-refractivity contribution in [3.05, 3.63) is 0 Å². The third kappa shape index (κ3) is 4.87. The minimum atomic E-state index is 0.610. The molecule has 0 aromatic rings. The molecule has 0 heterocycles. The van der Waals surface area contributed by atoms with Gasteiger partial charge in [-0.15, -0.1) is 0 Å². The van der Waals surface area contributed by atoms with Crippen LogP contribution in [0.1, 0.15) is 20.8 Å². The van der Waals surface area contributed by atoms with Gasteiger partial charge in [0.2, 0.25) is 0 Å². The topological polar surface area (TPSA) is 27.3 Å². The lowest BCUT2D eigenvalue weighted by Gasteiger charge is -2.27. The van der Waals surface area contributed by atoms with E-state index in [2.05, 4.69) is 36.3 Å². The van der Waals surface area contributed by atoms with Crippen LogP contribution in [0.4, 0.5) is 0 Å². The molecule has 0 fully saturated rings. The van der Waals surface area contributed by atoms with E-state index in [-0.39, 0.29) is 0 Å². The standard InChI is InChI=1S/C8H23N3Si/c1-4-9-7-10-8(12)11(5-2)6-3/h8-10H,4-7H2,1-3,12H3. The van der Waals surface area contributed by atoms with Crippen LogP contribution in [0.25, 0.3) is 0 Å². The summed E-state index contributed by atoms with van der Waals surface area (Å²) >= 11 is 0. The quantitative estimate of drug-likeness (QED) is 0.310. The SMILES string of the molecule is CCNCNC([SiH3])N(CC)CC. The molecule has 0 aromatic carbocycles. The zero-order valence-corrected chi connectivity index (χ0v) is 10.9. The van der Waals surface area contributed by atoms with Crippen LogP contribution in [0.15, 0.2) is 0 Å². The molecule has 0 aliphatic heterocycles. The van der Waals surface area contributed by atoms with Gasteiger partial charge in [-0.3, -0.25) is 10.2 Å². The molecule has 0 amide bonds. The number of hydrogen-bond donors (Lipinski definition) is 2. The van der Waals surface area contributed by atoms with Gasteiger partial charge in [0.15, 0.2) is 0 Å². The third-order valence-electron chi connectivity index (χ3n) is 2.13. The van der Waals surface area contributed by atoms with E-state index >= 15 is 0 Å². The van der Waals surface area contributed by atoms with Gasteiger partial charge in [0.1, 0.15) is 0 Å². The van der Waals surface area contributed by atoms with Crippen molar-refractivity contribution in [2.24, 2.45) is 0 Å². The van der Waals surface area contributed by atoms with Crippen molar-refractivity contribution in [2.45, 2.75) is 26.6 Å². The molecule has 0 radical (unpaired) electrons. The van der Waals surface area contributed by atoms with Gasteiger partial charge in [0.05, 0.1) is 0 Å². The van der Waals surface area contributed by atoms with Crippen LogP contribution in [0.5, 0.6) is 0 Å². The van der Waals surface area contributed by atoms with Gasteiger partial charge in [-0.2, -0.15) is 0 Å². The van der Waals surface area contributed by atoms with Crippen LogP contribution in [-0.2, 0) is 0 Å². The van der Waals surface area contributed by atoms with Crippen LogP contribution in [0, 0.1) is 0 Å². The lowest BCUT2D eigenvalue weighted by molar-refractivity contribution is 0.243. The smallest absolute Gasteiger partial charge is 0.0463 e. The Balaban J connectivity index is 3.47. The molecule has 0 spiro atoms. The molecule has 0 saturated heterocycles. The van der Waals surface area contributed by atoms with E-state index in [0.717, 1.165) is 26.3 Å². The Hall–Kier alpha value is 0.0969. The van der Waals surface area contributed by atoms with Crippen molar-refractivity contribution < 1.29 is 0 Å². The maximum absolute atomic E-state index is 3.46. The highest BCUT2D eigenvalue weighted by molar-refractivity contribution is 6.11. The summed E-state index contributed by atoms with van der Waals surface area (Å²) in [5.41, 5.74) is 0. The zero-order chi connectivity index (χ0) is 9.40. The Morgan fingerprint density at radius 2 is 1.83 bits per heavy atom. The fraction of sp³-hybridized carbons (Fsp3) is 1.00. The Morgan fingerprint density at radius 3 is 2.25 bits per heavy atom. The van der Waals surface area contributed by atoms with E-state index in [1.165, 1.54) is 10.2 Å². The third-order valence-corrected chi connectivity index (χ3v) is 3.27. The average Bonchev–Trinajstić information content (AvgIpc) is 2.07. The van der Waals surface area contributed by atoms with Gasteiger partial charge in [0.25, 0.3) is 0 Å². The van der Waals surface area contributed by atoms with Crippen molar-refractivity contribution in [3.63, 3.8) is 0 Å². The molecule has 0 aliphatic carbocycles. The number of nitrogens with zero attached hydrogens (tertiary/aromatic N) is 1. The predicted octanol–water partition coefficient (Wildman–Crippen LogP) is -0.866. The van der Waals surface area contributed by atoms with Crippen LogP contribution in [-0.4, -0.2) is 47.2 Å². The van der Waals surface area contributed by atoms with Crippen molar-refractivity contribution in [1.82, 2.24) is 15.5 Å². The first-order chi connectivity index (χ1) is 5.76. The van der Waals surface area contributed by atoms with Gasteiger partial charge >= 0.3 is 0 Å². The van der Waals surface area contributed by atoms with Gasteiger partial charge in [-0.25, -0.2) is 0 Å². The van der Waals surface area contributed by atoms with Crippen LogP contribution < -0.4 is 10.6 Å². The minimum Gasteiger partial charge on any atom is -0.305 e. The maximum Gasteiger partial charge on any atom is 0.0463 e. The molecule has 0 rings (SSSR count). The molecular formula is C8H23N3Si. The first-order valence-corrected chi connectivity index (χ1v) is 6.09. The fourth-order valence-electron chi connectivity index (χ4n) is 1.25. The van der Waals surface area contributed by atoms with Crippen LogP contribution >= 0.6 is 0 Å². The number of nitrogens with one attached hydrogen (secondary N) is 2. The van der Waals surface area contributed by atoms with E-state index in [1.807, 2.05) is 0 Å². The van der Waals surface area contributed by atoms with Crippen molar-refractivity contribution >= 4 is 10.2 Å². The second kappa shape index (κ2) is 7.73. The summed E-state index contributed by atoms with van der Waals surface area (Å²) in [7, 11) is 1.18. The molecule has 0 aliphatic rings. The Morgan fingerprint density at radius 1 is 1.25 bits per heavy atom. The second-order valence-corrected chi connectivity index (χ2v) is 3.98. The largest absolute Gasteiger partial charge is 0.305 e. The molecule has 74 valence electrons. The first kappa shape index (κ1) is 12.1. The second-order valence-electron chi connectivity index (χ2n) is 2.88. The summed E-state index contributed by atoms with van der Waals surface area (Å²) in [6.45, 7) is 10.8. The molecule has 12 heavy (non-hydrogen) atoms. The number of rotatable bonds is 7. The Kier molecular flexibility index (Phi) is 7.79. The summed E-state index contributed by atoms with van der Waals surface area (Å²) in [6, 6.07) is 0. The summed E-state index contributed by atoms with van der Waals surface area (Å²) < 4.78 is 0. The summed E-state index contributed by atoms with van der Waals surface area (Å²) in [5, 5.41) is 6.73. The van der Waals surface area contributed by atoms with E-state index in [9.17, 15) is 0 Å². The van der Waals surface area contributed by atoms with Crippen LogP contribution in [0.3, 0.4) is 0 Å². The zero-order valence-electron chi connectivity index (χ0n) is 8.85. The molecule has 1 unspecified atom stereocenters. The molecule has 0 aromatic heterocycles. The van der Waals surface area contributed by atoms with E-state index in [4.69, 9.17) is 0 Å². The molecule has 3 nitrogen and oxygen atoms in total. The summed E-state index contributed by atoms with van der Waals surface area (Å²) in [6.07, 6.45) is 0. The van der Waals surface area contributed by atoms with E-state index in [0.29, 0.717) is 5.79 Å². The van der Waals surface area contributed by atoms with Crippen molar-refractivity contribution in [2.75, 3.05) is 26.3 Å². The molecule has 4 heteroatoms. The molecule has 0 bridgehead atoms. The van der Waals surface area contributed by atoms with Gasteiger partial charge in [0, 0.05) is 22.7 Å². The lowest BCUT2D eigenvalue weighted by Crippen LogP contribution is -2.48. The minimum absolute atomic E-state index is 0.610. The number of hydrogen-bond acceptors (Lipinski definition) is 3. The summed E-state index contributed by atoms with van der Waals surface area (Å²) in [4.78, 5) is 2.45. The van der Waals surface area contributed by atoms with Gasteiger partial charge < -0.3 is 5.32 Å². The van der Waals surface area contributed by atoms with E-state index in [1.54, 1.807) is 0 Å². The Labute approximate surface area is 79.3 Å². The maximum atomic E-state index is 3.46. The molecule has 1 atom stereocenters. The lowest BCUT2D eigenvalue weighted by atomic mass is 10.5. The monoisotopic (exact) mass is 189 g/mol. The van der Waals surface area contributed by atoms with Gasteiger partial charge in [-0.05, 0) is 19.6 Å². The molecular weight excluding hydrogens is 166 g/mol. The molecule has 0 saturated carbocycles.